The second kappa shape index (κ2) is 3.92. The Hall–Kier alpha value is -1.16. The van der Waals surface area contributed by atoms with Crippen molar-refractivity contribution in [3.05, 3.63) is 18.2 Å². The van der Waals surface area contributed by atoms with Gasteiger partial charge >= 0.3 is 0 Å². The fourth-order valence-corrected chi connectivity index (χ4v) is 1.13. The van der Waals surface area contributed by atoms with Crippen molar-refractivity contribution in [2.24, 2.45) is 11.1 Å². The zero-order valence-electron chi connectivity index (χ0n) is 8.95. The van der Waals surface area contributed by atoms with Crippen LogP contribution in [0.25, 0.3) is 0 Å². The maximum absolute atomic E-state index is 11.8. The number of Topliss-reactive ketones (excluding diaryl/α,β-unsaturated/α-hetero) is 1. The summed E-state index contributed by atoms with van der Waals surface area (Å²) in [6.07, 6.45) is 3.40. The van der Waals surface area contributed by atoms with Gasteiger partial charge in [-0.05, 0) is 0 Å². The number of carbonyl (C=O) groups excluding carboxylic acids is 1. The Morgan fingerprint density at radius 1 is 1.57 bits per heavy atom. The Morgan fingerprint density at radius 3 is 2.71 bits per heavy atom. The zero-order chi connectivity index (χ0) is 10.8. The molecule has 0 radical (unpaired) electrons. The van der Waals surface area contributed by atoms with Gasteiger partial charge in [0.2, 0.25) is 0 Å². The van der Waals surface area contributed by atoms with Crippen LogP contribution in [0.15, 0.2) is 12.5 Å². The molecule has 0 atom stereocenters. The molecule has 0 aromatic carbocycles. The van der Waals surface area contributed by atoms with Gasteiger partial charge in [0.25, 0.3) is 0 Å². The second-order valence-corrected chi connectivity index (χ2v) is 4.36. The van der Waals surface area contributed by atoms with Gasteiger partial charge in [0.15, 0.2) is 5.78 Å². The molecule has 0 saturated carbocycles. The molecule has 4 heteroatoms. The summed E-state index contributed by atoms with van der Waals surface area (Å²) in [7, 11) is 0. The molecular weight excluding hydrogens is 178 g/mol. The van der Waals surface area contributed by atoms with Crippen molar-refractivity contribution >= 4 is 5.78 Å². The van der Waals surface area contributed by atoms with Gasteiger partial charge in [0, 0.05) is 24.7 Å². The average Bonchev–Trinajstić information content (AvgIpc) is 2.50. The van der Waals surface area contributed by atoms with Gasteiger partial charge in [-0.2, -0.15) is 0 Å². The molecule has 14 heavy (non-hydrogen) atoms. The Morgan fingerprint density at radius 2 is 2.21 bits per heavy atom. The van der Waals surface area contributed by atoms with Crippen molar-refractivity contribution in [1.82, 2.24) is 9.55 Å². The van der Waals surface area contributed by atoms with Crippen LogP contribution in [0.4, 0.5) is 0 Å². The van der Waals surface area contributed by atoms with Crippen molar-refractivity contribution < 1.29 is 4.79 Å². The molecule has 0 spiro atoms. The largest absolute Gasteiger partial charge is 0.335 e. The highest BCUT2D eigenvalue weighted by Gasteiger charge is 2.24. The van der Waals surface area contributed by atoms with Crippen LogP contribution < -0.4 is 5.73 Å². The molecule has 0 unspecified atom stereocenters. The van der Waals surface area contributed by atoms with Crippen LogP contribution in [0.2, 0.25) is 0 Å². The normalized spacial score (nSPS) is 11.7. The summed E-state index contributed by atoms with van der Waals surface area (Å²) in [6, 6.07) is 0. The number of hydrogen-bond donors (Lipinski definition) is 1. The van der Waals surface area contributed by atoms with Gasteiger partial charge in [0.1, 0.15) is 5.69 Å². The Labute approximate surface area is 84.1 Å². The first kappa shape index (κ1) is 10.9. The molecule has 2 N–H and O–H groups in total. The fraction of sp³-hybridized carbons (Fsp3) is 0.600. The van der Waals surface area contributed by atoms with E-state index in [2.05, 4.69) is 4.98 Å². The molecule has 78 valence electrons. The van der Waals surface area contributed by atoms with Crippen LogP contribution in [-0.4, -0.2) is 21.9 Å². The maximum Gasteiger partial charge on any atom is 0.188 e. The predicted octanol–water partition coefficient (Wildman–Crippen LogP) is 1.07. The molecule has 0 saturated heterocycles. The first-order chi connectivity index (χ1) is 6.45. The summed E-state index contributed by atoms with van der Waals surface area (Å²) in [4.78, 5) is 15.8. The van der Waals surface area contributed by atoms with E-state index in [1.807, 2.05) is 25.3 Å². The molecule has 1 heterocycles. The highest BCUT2D eigenvalue weighted by atomic mass is 16.1. The van der Waals surface area contributed by atoms with Crippen LogP contribution in [0.5, 0.6) is 0 Å². The van der Waals surface area contributed by atoms with E-state index in [0.717, 1.165) is 0 Å². The summed E-state index contributed by atoms with van der Waals surface area (Å²) in [6.45, 7) is 6.91. The van der Waals surface area contributed by atoms with Crippen LogP contribution in [-0.2, 0) is 6.54 Å². The Kier molecular flexibility index (Phi) is 3.06. The molecule has 0 amide bonds. The lowest BCUT2D eigenvalue weighted by Gasteiger charge is -2.14. The summed E-state index contributed by atoms with van der Waals surface area (Å²) in [5, 5.41) is 0. The van der Waals surface area contributed by atoms with Crippen LogP contribution in [0, 0.1) is 5.41 Å². The van der Waals surface area contributed by atoms with E-state index >= 15 is 0 Å². The molecule has 1 aromatic rings. The smallest absolute Gasteiger partial charge is 0.188 e. The summed E-state index contributed by atoms with van der Waals surface area (Å²) >= 11 is 0. The minimum atomic E-state index is -0.373. The van der Waals surface area contributed by atoms with Crippen LogP contribution in [0.3, 0.4) is 0 Å². The molecular formula is C10H17N3O. The van der Waals surface area contributed by atoms with Crippen LogP contribution in [0.1, 0.15) is 31.3 Å². The molecule has 0 aliphatic heterocycles. The number of hydrogen-bond acceptors (Lipinski definition) is 3. The first-order valence-corrected chi connectivity index (χ1v) is 4.72. The third kappa shape index (κ3) is 2.42. The van der Waals surface area contributed by atoms with E-state index in [4.69, 9.17) is 5.73 Å². The van der Waals surface area contributed by atoms with E-state index in [0.29, 0.717) is 18.8 Å². The fourth-order valence-electron chi connectivity index (χ4n) is 1.13. The topological polar surface area (TPSA) is 60.9 Å². The first-order valence-electron chi connectivity index (χ1n) is 4.72. The van der Waals surface area contributed by atoms with Crippen molar-refractivity contribution in [3.8, 4) is 0 Å². The summed E-state index contributed by atoms with van der Waals surface area (Å²) < 4.78 is 1.83. The van der Waals surface area contributed by atoms with E-state index in [1.165, 1.54) is 0 Å². The van der Waals surface area contributed by atoms with E-state index in [9.17, 15) is 4.79 Å². The Bertz CT molecular complexity index is 322. The highest BCUT2D eigenvalue weighted by molar-refractivity contribution is 5.97. The number of imidazole rings is 1. The molecule has 0 aliphatic carbocycles. The predicted molar refractivity (Wildman–Crippen MR) is 55.1 cm³/mol. The molecule has 1 aromatic heterocycles. The second-order valence-electron chi connectivity index (χ2n) is 4.36. The van der Waals surface area contributed by atoms with E-state index in [-0.39, 0.29) is 11.2 Å². The standard InChI is InChI=1S/C10H17N3O/c1-10(2,3)9(14)8-6-13(5-4-11)7-12-8/h6-7H,4-5,11H2,1-3H3. The third-order valence-electron chi connectivity index (χ3n) is 1.93. The lowest BCUT2D eigenvalue weighted by Crippen LogP contribution is -2.20. The molecule has 0 aliphatic rings. The third-order valence-corrected chi connectivity index (χ3v) is 1.93. The van der Waals surface area contributed by atoms with E-state index in [1.54, 1.807) is 12.5 Å². The maximum atomic E-state index is 11.8. The number of aromatic nitrogens is 2. The van der Waals surface area contributed by atoms with Crippen molar-refractivity contribution in [3.63, 3.8) is 0 Å². The number of nitrogens with two attached hydrogens (primary N) is 1. The lowest BCUT2D eigenvalue weighted by molar-refractivity contribution is 0.0853. The molecule has 0 fully saturated rings. The van der Waals surface area contributed by atoms with Crippen molar-refractivity contribution in [2.45, 2.75) is 27.3 Å². The summed E-state index contributed by atoms with van der Waals surface area (Å²) in [5.74, 6) is 0.0632. The lowest BCUT2D eigenvalue weighted by atomic mass is 9.89. The highest BCUT2D eigenvalue weighted by Crippen LogP contribution is 2.19. The van der Waals surface area contributed by atoms with Gasteiger partial charge in [-0.3, -0.25) is 4.79 Å². The molecule has 1 rings (SSSR count). The zero-order valence-corrected chi connectivity index (χ0v) is 8.95. The molecule has 4 nitrogen and oxygen atoms in total. The van der Waals surface area contributed by atoms with E-state index < -0.39 is 0 Å². The van der Waals surface area contributed by atoms with Crippen LogP contribution >= 0.6 is 0 Å². The monoisotopic (exact) mass is 195 g/mol. The van der Waals surface area contributed by atoms with Gasteiger partial charge in [-0.15, -0.1) is 0 Å². The van der Waals surface area contributed by atoms with Gasteiger partial charge in [0.05, 0.1) is 6.33 Å². The van der Waals surface area contributed by atoms with Gasteiger partial charge < -0.3 is 10.3 Å². The van der Waals surface area contributed by atoms with Gasteiger partial charge in [-0.25, -0.2) is 4.98 Å². The SMILES string of the molecule is CC(C)(C)C(=O)c1cn(CCN)cn1. The molecule has 0 bridgehead atoms. The number of nitrogens with zero attached hydrogens (tertiary/aromatic N) is 2. The number of carbonyl (C=O) groups is 1. The number of ketones is 1. The summed E-state index contributed by atoms with van der Waals surface area (Å²) in [5.41, 5.74) is 5.54. The van der Waals surface area contributed by atoms with Crippen molar-refractivity contribution in [1.29, 1.82) is 0 Å². The average molecular weight is 195 g/mol. The quantitative estimate of drug-likeness (QED) is 0.734. The van der Waals surface area contributed by atoms with Gasteiger partial charge in [-0.1, -0.05) is 20.8 Å². The minimum absolute atomic E-state index is 0.0632. The minimum Gasteiger partial charge on any atom is -0.335 e. The number of rotatable bonds is 3. The Balaban J connectivity index is 2.82. The van der Waals surface area contributed by atoms with Crippen molar-refractivity contribution in [2.75, 3.05) is 6.54 Å².